The number of carbonyl (C=O) groups is 3. The van der Waals surface area contributed by atoms with Gasteiger partial charge in [0, 0.05) is 68.9 Å². The van der Waals surface area contributed by atoms with Gasteiger partial charge in [-0.1, -0.05) is 0 Å². The van der Waals surface area contributed by atoms with Crippen molar-refractivity contribution in [1.29, 1.82) is 0 Å². The molecule has 224 valence electrons. The highest BCUT2D eigenvalue weighted by atomic mass is 16.3. The van der Waals surface area contributed by atoms with E-state index in [2.05, 4.69) is 5.32 Å². The quantitative estimate of drug-likeness (QED) is 0.257. The molecule has 12 heteroatoms. The molecule has 0 saturated carbocycles. The summed E-state index contributed by atoms with van der Waals surface area (Å²) in [5.41, 5.74) is 4.53. The SMILES string of the molecule is CN(C)c1cc(CNCc2cccn2C)c(O)c2c1C[C@H]1C[C@H]3[C@H](N(C)C)C(O)=C(C(N)=O)C(=O)[C@@]3(O)C(O)=C1C2=O. The number of anilines is 1. The number of ketones is 2. The molecule has 1 heterocycles. The van der Waals surface area contributed by atoms with Gasteiger partial charge >= 0.3 is 0 Å². The zero-order valence-corrected chi connectivity index (χ0v) is 24.3. The lowest BCUT2D eigenvalue weighted by atomic mass is 9.58. The standard InChI is InChI=1S/C30H37N5O7/c1-33(2)19-11-15(12-32-13-16-7-6-8-35(16)5)24(36)21-17(19)9-14-10-18-23(34(3)4)26(38)22(29(31)41)28(40)30(18,42)27(39)20(14)25(21)37/h6-8,11,14,18,23,32,36,38-39,42H,9-10,12-13H2,1-5H3,(H2,31,41)/t14-,18-,23-,30-/m0/s1. The smallest absolute Gasteiger partial charge is 0.255 e. The summed E-state index contributed by atoms with van der Waals surface area (Å²) in [5, 5.41) is 48.9. The molecule has 3 aliphatic carbocycles. The summed E-state index contributed by atoms with van der Waals surface area (Å²) < 4.78 is 1.97. The summed E-state index contributed by atoms with van der Waals surface area (Å²) in [4.78, 5) is 43.2. The Balaban J connectivity index is 1.62. The van der Waals surface area contributed by atoms with Crippen LogP contribution in [0.2, 0.25) is 0 Å². The second-order valence-electron chi connectivity index (χ2n) is 11.8. The van der Waals surface area contributed by atoms with Gasteiger partial charge in [0.1, 0.15) is 22.8 Å². The first-order valence-electron chi connectivity index (χ1n) is 13.7. The first kappa shape index (κ1) is 29.4. The number of aliphatic hydroxyl groups excluding tert-OH is 2. The molecule has 3 aliphatic rings. The molecule has 1 aromatic carbocycles. The maximum absolute atomic E-state index is 14.1. The van der Waals surface area contributed by atoms with Crippen LogP contribution in [0.3, 0.4) is 0 Å². The summed E-state index contributed by atoms with van der Waals surface area (Å²) in [5.74, 6) is -6.62. The highest BCUT2D eigenvalue weighted by Crippen LogP contribution is 2.53. The summed E-state index contributed by atoms with van der Waals surface area (Å²) >= 11 is 0. The number of aromatic hydroxyl groups is 1. The largest absolute Gasteiger partial charge is 0.510 e. The Labute approximate surface area is 243 Å². The molecule has 0 saturated heterocycles. The molecule has 2 aromatic rings. The molecule has 42 heavy (non-hydrogen) atoms. The van der Waals surface area contributed by atoms with Gasteiger partial charge < -0.3 is 40.9 Å². The van der Waals surface area contributed by atoms with Crippen molar-refractivity contribution in [2.24, 2.45) is 24.6 Å². The number of aliphatic hydroxyl groups is 3. The third-order valence-electron chi connectivity index (χ3n) is 8.93. The molecule has 12 nitrogen and oxygen atoms in total. The van der Waals surface area contributed by atoms with Crippen LogP contribution >= 0.6 is 0 Å². The van der Waals surface area contributed by atoms with Crippen molar-refractivity contribution in [3.05, 3.63) is 69.4 Å². The average molecular weight is 580 g/mol. The number of allylic oxidation sites excluding steroid dienone is 1. The van der Waals surface area contributed by atoms with E-state index >= 15 is 0 Å². The van der Waals surface area contributed by atoms with E-state index in [0.29, 0.717) is 23.4 Å². The minimum Gasteiger partial charge on any atom is -0.510 e. The molecule has 0 radical (unpaired) electrons. The summed E-state index contributed by atoms with van der Waals surface area (Å²) in [7, 11) is 8.79. The fourth-order valence-electron chi connectivity index (χ4n) is 6.89. The number of aromatic nitrogens is 1. The van der Waals surface area contributed by atoms with E-state index < -0.39 is 58.0 Å². The monoisotopic (exact) mass is 579 g/mol. The van der Waals surface area contributed by atoms with E-state index in [1.807, 2.05) is 55.0 Å². The number of nitrogens with zero attached hydrogens (tertiary/aromatic N) is 3. The molecule has 0 spiro atoms. The normalized spacial score (nSPS) is 25.5. The van der Waals surface area contributed by atoms with Crippen molar-refractivity contribution < 1.29 is 34.8 Å². The van der Waals surface area contributed by atoms with Gasteiger partial charge in [-0.25, -0.2) is 0 Å². The maximum atomic E-state index is 14.1. The first-order chi connectivity index (χ1) is 19.7. The van der Waals surface area contributed by atoms with Gasteiger partial charge in [0.05, 0.1) is 11.6 Å². The van der Waals surface area contributed by atoms with Gasteiger partial charge in [-0.2, -0.15) is 0 Å². The summed E-state index contributed by atoms with van der Waals surface area (Å²) in [6.45, 7) is 0.763. The van der Waals surface area contributed by atoms with Crippen LogP contribution in [0, 0.1) is 11.8 Å². The van der Waals surface area contributed by atoms with Gasteiger partial charge in [-0.15, -0.1) is 0 Å². The molecule has 1 amide bonds. The number of nitrogens with one attached hydrogen (secondary N) is 1. The highest BCUT2D eigenvalue weighted by Gasteiger charge is 2.63. The maximum Gasteiger partial charge on any atom is 0.255 e. The Kier molecular flexibility index (Phi) is 7.20. The van der Waals surface area contributed by atoms with Gasteiger partial charge in [-0.3, -0.25) is 19.3 Å². The van der Waals surface area contributed by atoms with E-state index in [0.717, 1.165) is 5.69 Å². The number of phenols is 1. The van der Waals surface area contributed by atoms with Crippen molar-refractivity contribution in [2.75, 3.05) is 33.1 Å². The lowest BCUT2D eigenvalue weighted by molar-refractivity contribution is -0.148. The topological polar surface area (TPSA) is 182 Å². The zero-order chi connectivity index (χ0) is 30.8. The number of nitrogens with two attached hydrogens (primary N) is 1. The van der Waals surface area contributed by atoms with E-state index in [9.17, 15) is 34.8 Å². The molecule has 0 aliphatic heterocycles. The predicted octanol–water partition coefficient (Wildman–Crippen LogP) is 0.815. The second kappa shape index (κ2) is 10.3. The molecule has 1 aromatic heterocycles. The average Bonchev–Trinajstić information content (AvgIpc) is 3.31. The Hall–Kier alpha value is -4.13. The van der Waals surface area contributed by atoms with Crippen LogP contribution in [-0.2, 0) is 36.1 Å². The van der Waals surface area contributed by atoms with Crippen molar-refractivity contribution in [1.82, 2.24) is 14.8 Å². The molecular formula is C30H37N5O7. The lowest BCUT2D eigenvalue weighted by Crippen LogP contribution is -2.63. The highest BCUT2D eigenvalue weighted by molar-refractivity contribution is 6.25. The number of benzene rings is 1. The van der Waals surface area contributed by atoms with Crippen LogP contribution in [0.4, 0.5) is 5.69 Å². The van der Waals surface area contributed by atoms with Crippen LogP contribution in [0.5, 0.6) is 5.75 Å². The lowest BCUT2D eigenvalue weighted by Gasteiger charge is -2.50. The van der Waals surface area contributed by atoms with Crippen molar-refractivity contribution in [3.63, 3.8) is 0 Å². The molecule has 0 bridgehead atoms. The van der Waals surface area contributed by atoms with Crippen molar-refractivity contribution in [2.45, 2.75) is 37.6 Å². The first-order valence-corrected chi connectivity index (χ1v) is 13.7. The van der Waals surface area contributed by atoms with Crippen molar-refractivity contribution in [3.8, 4) is 5.75 Å². The van der Waals surface area contributed by atoms with Crippen LogP contribution < -0.4 is 16.0 Å². The third-order valence-corrected chi connectivity index (χ3v) is 8.93. The van der Waals surface area contributed by atoms with Crippen LogP contribution in [0.1, 0.15) is 33.6 Å². The number of hydrogen-bond acceptors (Lipinski definition) is 10. The number of likely N-dealkylation sites (N-methyl/N-ethyl adjacent to an activating group) is 1. The number of carbonyl (C=O) groups excluding carboxylic acids is 3. The Morgan fingerprint density at radius 2 is 1.86 bits per heavy atom. The van der Waals surface area contributed by atoms with E-state index in [1.54, 1.807) is 14.1 Å². The third kappa shape index (κ3) is 4.20. The Morgan fingerprint density at radius 1 is 1.17 bits per heavy atom. The molecule has 0 fully saturated rings. The van der Waals surface area contributed by atoms with Gasteiger partial charge in [0.25, 0.3) is 5.91 Å². The van der Waals surface area contributed by atoms with Gasteiger partial charge in [0.2, 0.25) is 5.78 Å². The molecule has 5 rings (SSSR count). The van der Waals surface area contributed by atoms with Crippen LogP contribution in [0.25, 0.3) is 0 Å². The summed E-state index contributed by atoms with van der Waals surface area (Å²) in [6.07, 6.45) is 2.20. The number of Topliss-reactive ketones (excluding diaryl/α,β-unsaturated/α-hetero) is 2. The van der Waals surface area contributed by atoms with E-state index in [1.165, 1.54) is 4.90 Å². The Bertz CT molecular complexity index is 1570. The Morgan fingerprint density at radius 3 is 2.43 bits per heavy atom. The summed E-state index contributed by atoms with van der Waals surface area (Å²) in [6, 6.07) is 4.69. The number of fused-ring (bicyclic) bond motifs is 3. The van der Waals surface area contributed by atoms with E-state index in [-0.39, 0.29) is 36.3 Å². The molecule has 4 atom stereocenters. The molecule has 0 unspecified atom stereocenters. The van der Waals surface area contributed by atoms with E-state index in [4.69, 9.17) is 5.73 Å². The van der Waals surface area contributed by atoms with Crippen LogP contribution in [-0.4, -0.2) is 87.2 Å². The van der Waals surface area contributed by atoms with Gasteiger partial charge in [0.15, 0.2) is 11.4 Å². The van der Waals surface area contributed by atoms with Gasteiger partial charge in [-0.05, 0) is 56.6 Å². The molecule has 7 N–H and O–H groups in total. The number of aryl methyl sites for hydroxylation is 1. The number of rotatable bonds is 7. The fraction of sp³-hybridized carbons (Fsp3) is 0.433. The number of primary amides is 1. The molecular weight excluding hydrogens is 542 g/mol. The minimum absolute atomic E-state index is 0.00218. The minimum atomic E-state index is -2.67. The number of hydrogen-bond donors (Lipinski definition) is 6. The van der Waals surface area contributed by atoms with Crippen molar-refractivity contribution >= 4 is 23.2 Å². The second-order valence-corrected chi connectivity index (χ2v) is 11.8. The number of phenolic OH excluding ortho intramolecular Hbond substituents is 1. The van der Waals surface area contributed by atoms with Crippen LogP contribution in [0.15, 0.2) is 47.1 Å². The zero-order valence-electron chi connectivity index (χ0n) is 24.3. The predicted molar refractivity (Wildman–Crippen MR) is 154 cm³/mol. The fourth-order valence-corrected chi connectivity index (χ4v) is 6.89. The number of amides is 1.